The number of hydrogen-bond acceptors (Lipinski definition) is 4. The first-order chi connectivity index (χ1) is 13.9. The van der Waals surface area contributed by atoms with Crippen LogP contribution < -0.4 is 10.2 Å². The maximum absolute atomic E-state index is 13.4. The molecule has 2 fully saturated rings. The van der Waals surface area contributed by atoms with Crippen LogP contribution in [0.5, 0.6) is 0 Å². The highest BCUT2D eigenvalue weighted by Gasteiger charge is 2.43. The highest BCUT2D eigenvalue weighted by molar-refractivity contribution is 6.31. The summed E-state index contributed by atoms with van der Waals surface area (Å²) < 4.78 is 26.4. The Hall–Kier alpha value is -2.51. The van der Waals surface area contributed by atoms with Gasteiger partial charge in [-0.05, 0) is 55.3 Å². The molecule has 0 unspecified atom stereocenters. The average Bonchev–Trinajstić information content (AvgIpc) is 3.01. The third kappa shape index (κ3) is 4.11. The van der Waals surface area contributed by atoms with Gasteiger partial charge in [0.2, 0.25) is 5.91 Å². The van der Waals surface area contributed by atoms with E-state index < -0.39 is 11.9 Å². The molecular weight excluding hydrogens is 400 g/mol. The topological polar surface area (TPSA) is 52.7 Å². The van der Waals surface area contributed by atoms with E-state index in [2.05, 4.69) is 5.32 Å². The minimum absolute atomic E-state index is 0.101. The predicted octanol–water partition coefficient (Wildman–Crippen LogP) is 3.83. The lowest BCUT2D eigenvalue weighted by Gasteiger charge is -2.35. The Bertz CT molecular complexity index is 930. The van der Waals surface area contributed by atoms with Crippen LogP contribution in [0.1, 0.15) is 19.3 Å². The molecule has 29 heavy (non-hydrogen) atoms. The second-order valence-electron chi connectivity index (χ2n) is 7.35. The van der Waals surface area contributed by atoms with Crippen molar-refractivity contribution in [2.24, 2.45) is 0 Å². The highest BCUT2D eigenvalue weighted by atomic mass is 35.5. The summed E-state index contributed by atoms with van der Waals surface area (Å²) in [4.78, 5) is 28.5. The van der Waals surface area contributed by atoms with Crippen molar-refractivity contribution in [3.8, 4) is 0 Å². The SMILES string of the molecule is O=C1C[C@@H](N2CCC(Nc3ccc(F)cc3)CC2)C(=O)N1c1ccc(F)c(Cl)c1. The first-order valence-electron chi connectivity index (χ1n) is 9.50. The molecule has 1 atom stereocenters. The molecule has 0 radical (unpaired) electrons. The van der Waals surface area contributed by atoms with E-state index in [-0.39, 0.29) is 35.1 Å². The van der Waals surface area contributed by atoms with Crippen LogP contribution in [0.4, 0.5) is 20.2 Å². The Kier molecular flexibility index (Phi) is 5.52. The van der Waals surface area contributed by atoms with E-state index in [0.717, 1.165) is 29.5 Å². The van der Waals surface area contributed by atoms with Gasteiger partial charge in [0.15, 0.2) is 0 Å². The molecular formula is C21H20ClF2N3O2. The normalized spacial score (nSPS) is 21.1. The van der Waals surface area contributed by atoms with Crippen molar-refractivity contribution >= 4 is 34.8 Å². The van der Waals surface area contributed by atoms with Gasteiger partial charge in [-0.25, -0.2) is 13.7 Å². The molecule has 2 heterocycles. The lowest BCUT2D eigenvalue weighted by molar-refractivity contribution is -0.123. The number of benzene rings is 2. The van der Waals surface area contributed by atoms with Crippen molar-refractivity contribution in [2.45, 2.75) is 31.3 Å². The van der Waals surface area contributed by atoms with E-state index in [9.17, 15) is 18.4 Å². The Morgan fingerprint density at radius 2 is 1.69 bits per heavy atom. The number of halogens is 3. The summed E-state index contributed by atoms with van der Waals surface area (Å²) in [5, 5.41) is 3.25. The van der Waals surface area contributed by atoms with Crippen LogP contribution in [0.3, 0.4) is 0 Å². The third-order valence-electron chi connectivity index (χ3n) is 5.47. The van der Waals surface area contributed by atoms with Gasteiger partial charge in [-0.15, -0.1) is 0 Å². The van der Waals surface area contributed by atoms with Gasteiger partial charge >= 0.3 is 0 Å². The molecule has 2 aromatic carbocycles. The van der Waals surface area contributed by atoms with Crippen LogP contribution in [0.15, 0.2) is 42.5 Å². The molecule has 4 rings (SSSR count). The van der Waals surface area contributed by atoms with Gasteiger partial charge in [0, 0.05) is 24.8 Å². The van der Waals surface area contributed by atoms with Crippen LogP contribution in [0.2, 0.25) is 5.02 Å². The number of anilines is 2. The van der Waals surface area contributed by atoms with Crippen LogP contribution in [0, 0.1) is 11.6 Å². The van der Waals surface area contributed by atoms with Crippen LogP contribution >= 0.6 is 11.6 Å². The fraction of sp³-hybridized carbons (Fsp3) is 0.333. The van der Waals surface area contributed by atoms with Gasteiger partial charge in [-0.3, -0.25) is 14.5 Å². The minimum atomic E-state index is -0.596. The van der Waals surface area contributed by atoms with Crippen LogP contribution in [-0.2, 0) is 9.59 Å². The molecule has 2 aliphatic rings. The Morgan fingerprint density at radius 3 is 2.34 bits per heavy atom. The first kappa shape index (κ1) is 19.8. The molecule has 0 saturated carbocycles. The summed E-state index contributed by atoms with van der Waals surface area (Å²) in [7, 11) is 0. The summed E-state index contributed by atoms with van der Waals surface area (Å²) >= 11 is 5.80. The third-order valence-corrected chi connectivity index (χ3v) is 5.76. The molecule has 0 bridgehead atoms. The molecule has 0 aliphatic carbocycles. The Balaban J connectivity index is 1.38. The number of likely N-dealkylation sites (tertiary alicyclic amines) is 1. The fourth-order valence-corrected chi connectivity index (χ4v) is 4.11. The molecule has 152 valence electrons. The molecule has 2 aromatic rings. The van der Waals surface area contributed by atoms with E-state index in [1.807, 2.05) is 4.90 Å². The monoisotopic (exact) mass is 419 g/mol. The average molecular weight is 420 g/mol. The molecule has 8 heteroatoms. The number of piperidine rings is 1. The van der Waals surface area contributed by atoms with Crippen LogP contribution in [0.25, 0.3) is 0 Å². The number of rotatable bonds is 4. The lowest BCUT2D eigenvalue weighted by Crippen LogP contribution is -2.48. The second kappa shape index (κ2) is 8.08. The fourth-order valence-electron chi connectivity index (χ4n) is 3.93. The standard InChI is InChI=1S/C21H20ClF2N3O2/c22-17-11-16(5-6-18(17)24)27-20(28)12-19(21(27)29)26-9-7-15(8-10-26)25-14-3-1-13(23)2-4-14/h1-6,11,15,19,25H,7-10,12H2/t19-/m1/s1. The summed E-state index contributed by atoms with van der Waals surface area (Å²) in [5.41, 5.74) is 1.15. The van der Waals surface area contributed by atoms with E-state index >= 15 is 0 Å². The van der Waals surface area contributed by atoms with Crippen molar-refractivity contribution in [1.29, 1.82) is 0 Å². The van der Waals surface area contributed by atoms with Gasteiger partial charge in [0.25, 0.3) is 5.91 Å². The number of imide groups is 1. The largest absolute Gasteiger partial charge is 0.382 e. The van der Waals surface area contributed by atoms with Crippen molar-refractivity contribution in [1.82, 2.24) is 4.90 Å². The van der Waals surface area contributed by atoms with Crippen molar-refractivity contribution in [3.63, 3.8) is 0 Å². The highest BCUT2D eigenvalue weighted by Crippen LogP contribution is 2.30. The Morgan fingerprint density at radius 1 is 1.00 bits per heavy atom. The van der Waals surface area contributed by atoms with Gasteiger partial charge in [0.05, 0.1) is 23.2 Å². The maximum Gasteiger partial charge on any atom is 0.251 e. The second-order valence-corrected chi connectivity index (χ2v) is 7.75. The van der Waals surface area contributed by atoms with E-state index in [0.29, 0.717) is 18.8 Å². The summed E-state index contributed by atoms with van der Waals surface area (Å²) in [6.45, 7) is 1.33. The quantitative estimate of drug-likeness (QED) is 0.765. The summed E-state index contributed by atoms with van der Waals surface area (Å²) in [6.07, 6.45) is 1.71. The molecule has 5 nitrogen and oxygen atoms in total. The van der Waals surface area contributed by atoms with Crippen molar-refractivity contribution in [2.75, 3.05) is 23.3 Å². The van der Waals surface area contributed by atoms with Gasteiger partial charge in [0.1, 0.15) is 11.6 Å². The zero-order chi connectivity index (χ0) is 20.5. The van der Waals surface area contributed by atoms with Gasteiger partial charge < -0.3 is 5.32 Å². The van der Waals surface area contributed by atoms with Crippen molar-refractivity contribution in [3.05, 3.63) is 59.1 Å². The lowest BCUT2D eigenvalue weighted by atomic mass is 10.0. The minimum Gasteiger partial charge on any atom is -0.382 e. The van der Waals surface area contributed by atoms with Crippen molar-refractivity contribution < 1.29 is 18.4 Å². The zero-order valence-electron chi connectivity index (χ0n) is 15.6. The summed E-state index contributed by atoms with van der Waals surface area (Å²) in [6, 6.07) is 9.77. The van der Waals surface area contributed by atoms with E-state index in [4.69, 9.17) is 11.6 Å². The number of carbonyl (C=O) groups excluding carboxylic acids is 2. The molecule has 2 amide bonds. The van der Waals surface area contributed by atoms with Gasteiger partial charge in [-0.2, -0.15) is 0 Å². The van der Waals surface area contributed by atoms with Gasteiger partial charge in [-0.1, -0.05) is 11.6 Å². The van der Waals surface area contributed by atoms with Crippen LogP contribution in [-0.4, -0.2) is 41.9 Å². The number of nitrogens with one attached hydrogen (secondary N) is 1. The number of amides is 2. The number of hydrogen-bond donors (Lipinski definition) is 1. The van der Waals surface area contributed by atoms with E-state index in [1.165, 1.54) is 24.3 Å². The molecule has 0 spiro atoms. The number of nitrogens with zero attached hydrogens (tertiary/aromatic N) is 2. The zero-order valence-corrected chi connectivity index (χ0v) is 16.3. The maximum atomic E-state index is 13.4. The first-order valence-corrected chi connectivity index (χ1v) is 9.88. The smallest absolute Gasteiger partial charge is 0.251 e. The van der Waals surface area contributed by atoms with E-state index in [1.54, 1.807) is 12.1 Å². The molecule has 2 saturated heterocycles. The predicted molar refractivity (Wildman–Crippen MR) is 107 cm³/mol. The number of carbonyl (C=O) groups is 2. The summed E-state index contributed by atoms with van der Waals surface area (Å²) in [5.74, 6) is -1.49. The Labute approximate surface area is 172 Å². The molecule has 0 aromatic heterocycles. The molecule has 2 aliphatic heterocycles. The molecule has 1 N–H and O–H groups in total.